The number of hydrogen-bond acceptors (Lipinski definition) is 4. The number of alkyl halides is 3. The van der Waals surface area contributed by atoms with Crippen LogP contribution in [0.1, 0.15) is 44.6 Å². The first kappa shape index (κ1) is 26.2. The first-order chi connectivity index (χ1) is 14.3. The average Bonchev–Trinajstić information content (AvgIpc) is 2.66. The van der Waals surface area contributed by atoms with Crippen molar-refractivity contribution in [1.29, 1.82) is 0 Å². The van der Waals surface area contributed by atoms with E-state index in [-0.39, 0.29) is 41.5 Å². The van der Waals surface area contributed by atoms with E-state index < -0.39 is 11.7 Å². The minimum Gasteiger partial charge on any atom is -0.475 e. The lowest BCUT2D eigenvalue weighted by atomic mass is 9.82. The Bertz CT molecular complexity index is 738. The molecule has 0 spiro atoms. The second kappa shape index (κ2) is 11.7. The quantitative estimate of drug-likeness (QED) is 0.229. The highest BCUT2D eigenvalue weighted by molar-refractivity contribution is 14.0. The van der Waals surface area contributed by atoms with Crippen LogP contribution in [0.25, 0.3) is 0 Å². The number of hydrogen-bond donors (Lipinski definition) is 2. The molecule has 2 N–H and O–H groups in total. The Labute approximate surface area is 203 Å². The highest BCUT2D eigenvalue weighted by Crippen LogP contribution is 2.33. The monoisotopic (exact) mass is 575 g/mol. The molecule has 0 aliphatic carbocycles. The van der Waals surface area contributed by atoms with Gasteiger partial charge in [0.25, 0.3) is 0 Å². The van der Waals surface area contributed by atoms with E-state index >= 15 is 0 Å². The summed E-state index contributed by atoms with van der Waals surface area (Å²) in [6.07, 6.45) is 2.21. The first-order valence-electron chi connectivity index (χ1n) is 10.4. The molecule has 11 heteroatoms. The van der Waals surface area contributed by atoms with Crippen LogP contribution in [0.4, 0.5) is 13.2 Å². The van der Waals surface area contributed by atoms with Crippen LogP contribution in [-0.2, 0) is 6.18 Å². The molecule has 1 aromatic rings. The summed E-state index contributed by atoms with van der Waals surface area (Å²) in [5.74, 6) is 0.696. The number of piperidine rings is 2. The Balaban J connectivity index is 0.00000341. The van der Waals surface area contributed by atoms with Gasteiger partial charge in [0.15, 0.2) is 5.96 Å². The van der Waals surface area contributed by atoms with Crippen molar-refractivity contribution in [2.75, 3.05) is 26.7 Å². The number of fused-ring (bicyclic) bond motifs is 2. The number of nitrogens with one attached hydrogen (secondary N) is 2. The first-order valence-corrected chi connectivity index (χ1v) is 10.8. The molecule has 2 unspecified atom stereocenters. The van der Waals surface area contributed by atoms with E-state index in [4.69, 9.17) is 16.3 Å². The molecule has 176 valence electrons. The molecule has 0 saturated carbocycles. The van der Waals surface area contributed by atoms with E-state index in [9.17, 15) is 13.2 Å². The maximum atomic E-state index is 12.7. The normalized spacial score (nSPS) is 24.3. The lowest BCUT2D eigenvalue weighted by Gasteiger charge is -2.47. The van der Waals surface area contributed by atoms with Gasteiger partial charge in [0, 0.05) is 30.9 Å². The number of rotatable bonds is 6. The molecule has 2 saturated heterocycles. The summed E-state index contributed by atoms with van der Waals surface area (Å²) >= 11 is 5.86. The van der Waals surface area contributed by atoms with Crippen LogP contribution in [0.3, 0.4) is 0 Å². The lowest BCUT2D eigenvalue weighted by molar-refractivity contribution is -0.137. The summed E-state index contributed by atoms with van der Waals surface area (Å²) in [7, 11) is 2.22. The molecule has 1 aromatic heterocycles. The number of aromatic nitrogens is 1. The second-order valence-corrected chi connectivity index (χ2v) is 8.24. The molecule has 2 aliphatic heterocycles. The van der Waals surface area contributed by atoms with E-state index in [1.54, 1.807) is 0 Å². The Morgan fingerprint density at radius 2 is 2.00 bits per heavy atom. The van der Waals surface area contributed by atoms with Gasteiger partial charge >= 0.3 is 6.18 Å². The molecule has 3 heterocycles. The summed E-state index contributed by atoms with van der Waals surface area (Å²) in [6.45, 7) is 3.22. The molecule has 6 nitrogen and oxygen atoms in total. The van der Waals surface area contributed by atoms with Crippen molar-refractivity contribution in [3.63, 3.8) is 0 Å². The predicted molar refractivity (Wildman–Crippen MR) is 126 cm³/mol. The minimum absolute atomic E-state index is 0. The summed E-state index contributed by atoms with van der Waals surface area (Å²) in [6, 6.07) is 2.43. The van der Waals surface area contributed by atoms with Gasteiger partial charge in [0.05, 0.1) is 12.1 Å². The molecule has 31 heavy (non-hydrogen) atoms. The van der Waals surface area contributed by atoms with Crippen LogP contribution in [0.5, 0.6) is 5.88 Å². The Morgan fingerprint density at radius 3 is 2.58 bits per heavy atom. The highest BCUT2D eigenvalue weighted by atomic mass is 127. The molecular formula is C20H30ClF3IN5O. The van der Waals surface area contributed by atoms with E-state index in [1.165, 1.54) is 19.3 Å². The largest absolute Gasteiger partial charge is 0.475 e. The van der Waals surface area contributed by atoms with Crippen molar-refractivity contribution in [2.24, 2.45) is 4.99 Å². The Kier molecular flexibility index (Phi) is 9.94. The topological polar surface area (TPSA) is 61.8 Å². The standard InChI is InChI=1S/C20H29ClF3N5O.HI/c1-3-25-19(28-14-10-15-5-4-6-16(11-14)29(15)2)26-7-8-30-18-17(21)9-13(12-27-18)20(22,23)24;/h9,12,14-16H,3-8,10-11H2,1-2H3,(H2,25,26,28);1H. The zero-order valence-corrected chi connectivity index (χ0v) is 20.8. The van der Waals surface area contributed by atoms with Crippen molar-refractivity contribution in [3.8, 4) is 5.88 Å². The number of pyridine rings is 1. The summed E-state index contributed by atoms with van der Waals surface area (Å²) in [5.41, 5.74) is -0.903. The average molecular weight is 576 g/mol. The summed E-state index contributed by atoms with van der Waals surface area (Å²) in [5, 5.41) is 6.60. The van der Waals surface area contributed by atoms with Crippen molar-refractivity contribution in [2.45, 2.75) is 63.3 Å². The van der Waals surface area contributed by atoms with Crippen LogP contribution < -0.4 is 15.4 Å². The third kappa shape index (κ3) is 7.24. The fraction of sp³-hybridized carbons (Fsp3) is 0.700. The van der Waals surface area contributed by atoms with Gasteiger partial charge in [-0.2, -0.15) is 13.2 Å². The predicted octanol–water partition coefficient (Wildman–Crippen LogP) is 4.32. The molecule has 3 rings (SSSR count). The van der Waals surface area contributed by atoms with Gasteiger partial charge in [-0.3, -0.25) is 0 Å². The van der Waals surface area contributed by atoms with Crippen molar-refractivity contribution >= 4 is 41.5 Å². The lowest BCUT2D eigenvalue weighted by Crippen LogP contribution is -2.56. The van der Waals surface area contributed by atoms with Gasteiger partial charge in [-0.1, -0.05) is 18.0 Å². The van der Waals surface area contributed by atoms with Crippen LogP contribution >= 0.6 is 35.6 Å². The van der Waals surface area contributed by atoms with Gasteiger partial charge in [-0.25, -0.2) is 9.98 Å². The minimum atomic E-state index is -4.49. The zero-order chi connectivity index (χ0) is 21.7. The number of ether oxygens (including phenoxy) is 1. The number of nitrogens with zero attached hydrogens (tertiary/aromatic N) is 3. The third-order valence-electron chi connectivity index (χ3n) is 5.76. The van der Waals surface area contributed by atoms with E-state index in [0.717, 1.165) is 31.4 Å². The molecule has 2 aliphatic rings. The number of aliphatic imine (C=N–C) groups is 1. The molecule has 2 fully saturated rings. The molecule has 2 atom stereocenters. The van der Waals surface area contributed by atoms with E-state index in [0.29, 0.717) is 30.9 Å². The van der Waals surface area contributed by atoms with Crippen molar-refractivity contribution in [3.05, 3.63) is 22.8 Å². The zero-order valence-electron chi connectivity index (χ0n) is 17.7. The Morgan fingerprint density at radius 1 is 1.32 bits per heavy atom. The molecule has 0 amide bonds. The van der Waals surface area contributed by atoms with Gasteiger partial charge < -0.3 is 20.3 Å². The van der Waals surface area contributed by atoms with Crippen LogP contribution in [-0.4, -0.2) is 60.7 Å². The fourth-order valence-corrected chi connectivity index (χ4v) is 4.45. The molecule has 0 aromatic carbocycles. The SMILES string of the molecule is CCNC(=NCCOc1ncc(C(F)(F)F)cc1Cl)NC1CC2CCCC(C1)N2C.I. The second-order valence-electron chi connectivity index (χ2n) is 7.83. The van der Waals surface area contributed by atoms with Gasteiger partial charge in [-0.15, -0.1) is 24.0 Å². The summed E-state index contributed by atoms with van der Waals surface area (Å²) in [4.78, 5) is 10.7. The van der Waals surface area contributed by atoms with Gasteiger partial charge in [-0.05, 0) is 45.7 Å². The smallest absolute Gasteiger partial charge is 0.417 e. The van der Waals surface area contributed by atoms with Crippen LogP contribution in [0, 0.1) is 0 Å². The maximum Gasteiger partial charge on any atom is 0.417 e. The third-order valence-corrected chi connectivity index (χ3v) is 6.03. The number of halogens is 5. The van der Waals surface area contributed by atoms with Gasteiger partial charge in [0.1, 0.15) is 11.6 Å². The Hall–Kier alpha value is -1.01. The van der Waals surface area contributed by atoms with Gasteiger partial charge in [0.2, 0.25) is 5.88 Å². The van der Waals surface area contributed by atoms with Crippen molar-refractivity contribution in [1.82, 2.24) is 20.5 Å². The van der Waals surface area contributed by atoms with Crippen LogP contribution in [0.15, 0.2) is 17.3 Å². The van der Waals surface area contributed by atoms with E-state index in [2.05, 4.69) is 32.6 Å². The van der Waals surface area contributed by atoms with E-state index in [1.807, 2.05) is 6.92 Å². The molecular weight excluding hydrogens is 546 g/mol. The summed E-state index contributed by atoms with van der Waals surface area (Å²) < 4.78 is 43.5. The fourth-order valence-electron chi connectivity index (χ4n) is 4.23. The maximum absolute atomic E-state index is 12.7. The van der Waals surface area contributed by atoms with Crippen molar-refractivity contribution < 1.29 is 17.9 Å². The molecule has 0 radical (unpaired) electrons. The van der Waals surface area contributed by atoms with Crippen LogP contribution in [0.2, 0.25) is 5.02 Å². The molecule has 2 bridgehead atoms. The number of guanidine groups is 1. The highest BCUT2D eigenvalue weighted by Gasteiger charge is 2.36.